The van der Waals surface area contributed by atoms with Crippen molar-refractivity contribution < 1.29 is 4.84 Å². The van der Waals surface area contributed by atoms with Crippen LogP contribution in [0.1, 0.15) is 12.5 Å². The lowest BCUT2D eigenvalue weighted by Gasteiger charge is -2.14. The topological polar surface area (TPSA) is 92.3 Å². The maximum absolute atomic E-state index is 12.5. The van der Waals surface area contributed by atoms with Crippen LogP contribution in [0.3, 0.4) is 0 Å². The molecule has 7 nitrogen and oxygen atoms in total. The van der Waals surface area contributed by atoms with Crippen LogP contribution >= 0.6 is 23.2 Å². The number of oxime groups is 1. The predicted octanol–water partition coefficient (Wildman–Crippen LogP) is 5.45. The Hall–Kier alpha value is -3.42. The number of halogens is 2. The highest BCUT2D eigenvalue weighted by atomic mass is 35.5. The Bertz CT molecular complexity index is 1380. The molecule has 0 saturated heterocycles. The van der Waals surface area contributed by atoms with Gasteiger partial charge in [0.15, 0.2) is 0 Å². The summed E-state index contributed by atoms with van der Waals surface area (Å²) >= 11 is 13.1. The average molecular weight is 454 g/mol. The molecule has 1 aromatic carbocycles. The standard InChI is InChI=1S/C22H17Cl2N5O2/c1-3-8-31-29-12(2)13-9-16(23)20(17(24)10-13)28-21-14-4-7-26-22(30)19(14)15-11-25-6-5-18(15)27-21/h3-7,9-11H,1,8H2,2H3,(H,26,30)(H,27,28). The second-order valence-corrected chi connectivity index (χ2v) is 7.46. The number of hydrogen-bond donors (Lipinski definition) is 2. The van der Waals surface area contributed by atoms with Crippen molar-refractivity contribution in [2.75, 3.05) is 11.9 Å². The number of rotatable bonds is 6. The predicted molar refractivity (Wildman–Crippen MR) is 126 cm³/mol. The Morgan fingerprint density at radius 3 is 2.81 bits per heavy atom. The fraction of sp³-hybridized carbons (Fsp3) is 0.0909. The van der Waals surface area contributed by atoms with Crippen molar-refractivity contribution in [3.63, 3.8) is 0 Å². The summed E-state index contributed by atoms with van der Waals surface area (Å²) in [5.74, 6) is 0.455. The molecule has 2 N–H and O–H groups in total. The van der Waals surface area contributed by atoms with Crippen LogP contribution in [0.25, 0.3) is 21.7 Å². The molecule has 0 saturated carbocycles. The van der Waals surface area contributed by atoms with Gasteiger partial charge in [0.25, 0.3) is 5.56 Å². The molecule has 3 heterocycles. The normalized spacial score (nSPS) is 11.6. The second kappa shape index (κ2) is 8.75. The lowest BCUT2D eigenvalue weighted by atomic mass is 10.1. The molecule has 156 valence electrons. The maximum Gasteiger partial charge on any atom is 0.256 e. The molecule has 0 aliphatic carbocycles. The Morgan fingerprint density at radius 2 is 2.06 bits per heavy atom. The van der Waals surface area contributed by atoms with Crippen molar-refractivity contribution in [1.82, 2.24) is 15.0 Å². The number of hydrogen-bond acceptors (Lipinski definition) is 6. The van der Waals surface area contributed by atoms with E-state index in [-0.39, 0.29) is 5.56 Å². The van der Waals surface area contributed by atoms with E-state index in [0.717, 1.165) is 0 Å². The molecule has 4 rings (SSSR count). The quantitative estimate of drug-likeness (QED) is 0.133. The van der Waals surface area contributed by atoms with Gasteiger partial charge < -0.3 is 15.1 Å². The van der Waals surface area contributed by atoms with Gasteiger partial charge in [-0.3, -0.25) is 9.78 Å². The minimum Gasteiger partial charge on any atom is -0.391 e. The van der Waals surface area contributed by atoms with E-state index < -0.39 is 0 Å². The van der Waals surface area contributed by atoms with Gasteiger partial charge in [-0.2, -0.15) is 0 Å². The highest BCUT2D eigenvalue weighted by Gasteiger charge is 2.15. The molecule has 0 fully saturated rings. The van der Waals surface area contributed by atoms with Gasteiger partial charge in [0.05, 0.1) is 32.3 Å². The molecule has 3 aromatic heterocycles. The lowest BCUT2D eigenvalue weighted by molar-refractivity contribution is 0.175. The third-order valence-electron chi connectivity index (χ3n) is 4.61. The third-order valence-corrected chi connectivity index (χ3v) is 5.21. The number of fused-ring (bicyclic) bond motifs is 3. The Morgan fingerprint density at radius 1 is 1.29 bits per heavy atom. The first kappa shape index (κ1) is 20.8. The van der Waals surface area contributed by atoms with Crippen LogP contribution in [-0.4, -0.2) is 27.3 Å². The van der Waals surface area contributed by atoms with Crippen LogP contribution in [0.4, 0.5) is 11.5 Å². The molecule has 0 amide bonds. The van der Waals surface area contributed by atoms with E-state index in [1.807, 2.05) is 0 Å². The van der Waals surface area contributed by atoms with Gasteiger partial charge >= 0.3 is 0 Å². The molecule has 9 heteroatoms. The van der Waals surface area contributed by atoms with Gasteiger partial charge in [-0.05, 0) is 31.2 Å². The summed E-state index contributed by atoms with van der Waals surface area (Å²) in [6.07, 6.45) is 6.41. The number of anilines is 2. The van der Waals surface area contributed by atoms with E-state index in [9.17, 15) is 4.79 Å². The minimum absolute atomic E-state index is 0.236. The highest BCUT2D eigenvalue weighted by molar-refractivity contribution is 6.40. The minimum atomic E-state index is -0.236. The van der Waals surface area contributed by atoms with Gasteiger partial charge in [-0.25, -0.2) is 4.98 Å². The maximum atomic E-state index is 12.5. The molecule has 4 aromatic rings. The smallest absolute Gasteiger partial charge is 0.256 e. The number of pyridine rings is 3. The molecule has 0 aliphatic rings. The molecule has 0 atom stereocenters. The van der Waals surface area contributed by atoms with Crippen molar-refractivity contribution in [2.24, 2.45) is 5.16 Å². The molecule has 0 unspecified atom stereocenters. The first-order valence-corrected chi connectivity index (χ1v) is 10.0. The van der Waals surface area contributed by atoms with E-state index in [1.54, 1.807) is 55.9 Å². The van der Waals surface area contributed by atoms with E-state index in [4.69, 9.17) is 28.0 Å². The number of nitrogens with zero attached hydrogens (tertiary/aromatic N) is 3. The zero-order valence-electron chi connectivity index (χ0n) is 16.4. The number of nitrogens with one attached hydrogen (secondary N) is 2. The molecule has 0 radical (unpaired) electrons. The zero-order valence-corrected chi connectivity index (χ0v) is 18.0. The van der Waals surface area contributed by atoms with Crippen LogP contribution in [0.15, 0.2) is 65.5 Å². The first-order valence-electron chi connectivity index (χ1n) is 9.28. The Labute approximate surface area is 187 Å². The van der Waals surface area contributed by atoms with Crippen molar-refractivity contribution in [1.29, 1.82) is 0 Å². The first-order chi connectivity index (χ1) is 15.0. The monoisotopic (exact) mass is 453 g/mol. The van der Waals surface area contributed by atoms with E-state index in [2.05, 4.69) is 32.0 Å². The van der Waals surface area contributed by atoms with Gasteiger partial charge in [-0.15, -0.1) is 0 Å². The summed E-state index contributed by atoms with van der Waals surface area (Å²) in [7, 11) is 0. The molecule has 0 aliphatic heterocycles. The largest absolute Gasteiger partial charge is 0.391 e. The van der Waals surface area contributed by atoms with E-state index in [0.29, 0.717) is 61.1 Å². The zero-order chi connectivity index (χ0) is 22.0. The van der Waals surface area contributed by atoms with Crippen molar-refractivity contribution >= 4 is 62.1 Å². The van der Waals surface area contributed by atoms with Gasteiger partial charge in [0.1, 0.15) is 12.4 Å². The SMILES string of the molecule is C=CCON=C(C)c1cc(Cl)c(Nc2nc3ccncc3c3c(=O)[nH]ccc23)c(Cl)c1. The number of aromatic nitrogens is 3. The molecule has 31 heavy (non-hydrogen) atoms. The fourth-order valence-electron chi connectivity index (χ4n) is 3.16. The van der Waals surface area contributed by atoms with Gasteiger partial charge in [0, 0.05) is 34.9 Å². The fourth-order valence-corrected chi connectivity index (χ4v) is 3.74. The van der Waals surface area contributed by atoms with Crippen LogP contribution in [-0.2, 0) is 4.84 Å². The molecule has 0 bridgehead atoms. The number of H-pyrrole nitrogens is 1. The second-order valence-electron chi connectivity index (χ2n) is 6.65. The van der Waals surface area contributed by atoms with Gasteiger partial charge in [-0.1, -0.05) is 41.0 Å². The van der Waals surface area contributed by atoms with Crippen molar-refractivity contribution in [3.05, 3.63) is 81.5 Å². The summed E-state index contributed by atoms with van der Waals surface area (Å²) in [4.78, 5) is 29.1. The van der Waals surface area contributed by atoms with Crippen LogP contribution < -0.4 is 10.9 Å². The Kier molecular flexibility index (Phi) is 5.88. The van der Waals surface area contributed by atoms with E-state index >= 15 is 0 Å². The lowest BCUT2D eigenvalue weighted by Crippen LogP contribution is -2.08. The van der Waals surface area contributed by atoms with Gasteiger partial charge in [0.2, 0.25) is 0 Å². The molecular formula is C22H17Cl2N5O2. The summed E-state index contributed by atoms with van der Waals surface area (Å²) < 4.78 is 0. The van der Waals surface area contributed by atoms with Crippen LogP contribution in [0, 0.1) is 0 Å². The molecule has 0 spiro atoms. The third kappa shape index (κ3) is 4.10. The van der Waals surface area contributed by atoms with Crippen LogP contribution in [0.2, 0.25) is 10.0 Å². The summed E-state index contributed by atoms with van der Waals surface area (Å²) in [6, 6.07) is 6.96. The van der Waals surface area contributed by atoms with Crippen molar-refractivity contribution in [3.8, 4) is 0 Å². The van der Waals surface area contributed by atoms with Crippen molar-refractivity contribution in [2.45, 2.75) is 6.92 Å². The number of aromatic amines is 1. The average Bonchev–Trinajstić information content (AvgIpc) is 2.76. The Balaban J connectivity index is 1.81. The van der Waals surface area contributed by atoms with E-state index in [1.165, 1.54) is 0 Å². The highest BCUT2D eigenvalue weighted by Crippen LogP contribution is 2.36. The number of benzene rings is 1. The molecular weight excluding hydrogens is 437 g/mol. The summed E-state index contributed by atoms with van der Waals surface area (Å²) in [6.45, 7) is 5.67. The van der Waals surface area contributed by atoms with Crippen LogP contribution in [0.5, 0.6) is 0 Å². The summed E-state index contributed by atoms with van der Waals surface area (Å²) in [5.41, 5.74) is 2.18. The summed E-state index contributed by atoms with van der Waals surface area (Å²) in [5, 5.41) is 9.70.